The summed E-state index contributed by atoms with van der Waals surface area (Å²) in [5, 5.41) is 28.9. The molecular weight excluding hydrogens is 378 g/mol. The van der Waals surface area contributed by atoms with E-state index < -0.39 is 11.4 Å². The molecule has 0 aliphatic carbocycles. The number of hydrogen-bond acceptors (Lipinski definition) is 7. The third kappa shape index (κ3) is 2.91. The number of guanidine groups is 1. The minimum absolute atomic E-state index is 0.263. The van der Waals surface area contributed by atoms with E-state index in [9.17, 15) is 14.7 Å². The number of nitrogens with one attached hydrogen (secondary N) is 1. The number of carboxylic acids is 1. The third-order valence-electron chi connectivity index (χ3n) is 4.97. The molecule has 0 amide bonds. The van der Waals surface area contributed by atoms with Gasteiger partial charge in [-0.3, -0.25) is 10.2 Å². The highest BCUT2D eigenvalue weighted by Crippen LogP contribution is 2.38. The molecule has 0 atom stereocenters. The summed E-state index contributed by atoms with van der Waals surface area (Å²) >= 11 is 0. The second-order valence-corrected chi connectivity index (χ2v) is 6.54. The summed E-state index contributed by atoms with van der Waals surface area (Å²) in [6.45, 7) is 2.00. The Hall–Kier alpha value is -4.04. The van der Waals surface area contributed by atoms with Gasteiger partial charge in [0.2, 0.25) is 17.6 Å². The Kier molecular flexibility index (Phi) is 4.33. The highest BCUT2D eigenvalue weighted by Gasteiger charge is 2.27. The van der Waals surface area contributed by atoms with Gasteiger partial charge in [0.05, 0.1) is 11.1 Å². The van der Waals surface area contributed by atoms with Crippen molar-refractivity contribution in [2.75, 3.05) is 31.1 Å². The van der Waals surface area contributed by atoms with Crippen LogP contribution >= 0.6 is 0 Å². The van der Waals surface area contributed by atoms with Crippen LogP contribution < -0.4 is 20.8 Å². The number of aromatic carboxylic acids is 1. The Morgan fingerprint density at radius 2 is 2.03 bits per heavy atom. The van der Waals surface area contributed by atoms with Gasteiger partial charge in [-0.1, -0.05) is 0 Å². The number of piperazine rings is 1. The number of aromatic nitrogens is 1. The van der Waals surface area contributed by atoms with Crippen LogP contribution in [0.25, 0.3) is 17.1 Å². The zero-order valence-electron chi connectivity index (χ0n) is 15.2. The molecule has 4 N–H and O–H groups in total. The molecule has 0 bridgehead atoms. The van der Waals surface area contributed by atoms with Gasteiger partial charge in [-0.15, -0.1) is 0 Å². The first-order valence-electron chi connectivity index (χ1n) is 8.74. The maximum absolute atomic E-state index is 12.6. The Balaban J connectivity index is 1.71. The predicted octanol–water partition coefficient (Wildman–Crippen LogP) is 0.234. The lowest BCUT2D eigenvalue weighted by Crippen LogP contribution is -2.55. The first-order chi connectivity index (χ1) is 13.9. The summed E-state index contributed by atoms with van der Waals surface area (Å²) in [5.41, 5.74) is 5.82. The van der Waals surface area contributed by atoms with Crippen molar-refractivity contribution in [1.82, 2.24) is 14.6 Å². The minimum atomic E-state index is -1.28. The molecule has 4 rings (SSSR count). The van der Waals surface area contributed by atoms with Gasteiger partial charge in [-0.2, -0.15) is 10.3 Å². The van der Waals surface area contributed by atoms with Gasteiger partial charge < -0.3 is 25.0 Å². The van der Waals surface area contributed by atoms with Gasteiger partial charge in [0.15, 0.2) is 5.75 Å². The lowest BCUT2D eigenvalue weighted by molar-refractivity contribution is 0.0695. The van der Waals surface area contributed by atoms with Gasteiger partial charge in [-0.05, 0) is 12.1 Å². The molecule has 2 aliphatic rings. The standard InChI is InChI=1S/C18H17N7O4/c19-10-25(18(20)21)24-5-3-22(4-6-24)13-2-1-11-14-16(13)29-8-7-23(14)9-12(15(11)26)17(27)28/h1-2,7-9H,3-6H2,(H3,20,21)(H,27,28). The van der Waals surface area contributed by atoms with Crippen molar-refractivity contribution in [3.8, 4) is 11.9 Å². The van der Waals surface area contributed by atoms with Crippen molar-refractivity contribution in [1.29, 1.82) is 10.7 Å². The smallest absolute Gasteiger partial charge is 0.341 e. The van der Waals surface area contributed by atoms with E-state index >= 15 is 0 Å². The highest BCUT2D eigenvalue weighted by molar-refractivity contribution is 5.98. The average molecular weight is 395 g/mol. The normalized spacial score (nSPS) is 15.6. The number of benzene rings is 1. The van der Waals surface area contributed by atoms with Crippen molar-refractivity contribution in [2.45, 2.75) is 0 Å². The molecule has 1 saturated heterocycles. The minimum Gasteiger partial charge on any atom is -0.477 e. The number of hydrogen-bond donors (Lipinski definition) is 3. The Bertz CT molecular complexity index is 1160. The number of carboxylic acid groups (broad SMARTS) is 1. The zero-order chi connectivity index (χ0) is 20.7. The average Bonchev–Trinajstić information content (AvgIpc) is 2.71. The second-order valence-electron chi connectivity index (χ2n) is 6.54. The van der Waals surface area contributed by atoms with E-state index in [-0.39, 0.29) is 16.9 Å². The van der Waals surface area contributed by atoms with Gasteiger partial charge in [-0.25, -0.2) is 9.80 Å². The molecule has 0 saturated carbocycles. The number of ether oxygens (including phenoxy) is 1. The molecule has 148 valence electrons. The highest BCUT2D eigenvalue weighted by atomic mass is 16.5. The summed E-state index contributed by atoms with van der Waals surface area (Å²) in [6, 6.07) is 3.34. The Morgan fingerprint density at radius 3 is 2.66 bits per heavy atom. The van der Waals surface area contributed by atoms with Crippen LogP contribution in [0, 0.1) is 16.9 Å². The number of nitrogens with zero attached hydrogens (tertiary/aromatic N) is 5. The predicted molar refractivity (Wildman–Crippen MR) is 104 cm³/mol. The number of rotatable bonds is 3. The van der Waals surface area contributed by atoms with Crippen LogP contribution in [0.15, 0.2) is 29.4 Å². The molecule has 0 spiro atoms. The van der Waals surface area contributed by atoms with E-state index in [0.29, 0.717) is 37.4 Å². The van der Waals surface area contributed by atoms with Crippen molar-refractivity contribution >= 4 is 34.7 Å². The molecule has 11 heteroatoms. The van der Waals surface area contributed by atoms with Crippen LogP contribution in [-0.4, -0.2) is 57.8 Å². The van der Waals surface area contributed by atoms with Crippen LogP contribution in [0.4, 0.5) is 5.69 Å². The maximum atomic E-state index is 12.6. The molecule has 1 aromatic heterocycles. The topological polar surface area (TPSA) is 152 Å². The summed E-state index contributed by atoms with van der Waals surface area (Å²) in [7, 11) is 0. The molecule has 2 aromatic rings. The molecule has 1 aromatic carbocycles. The molecule has 11 nitrogen and oxygen atoms in total. The number of nitriles is 1. The van der Waals surface area contributed by atoms with Gasteiger partial charge in [0.1, 0.15) is 17.3 Å². The zero-order valence-corrected chi connectivity index (χ0v) is 15.2. The second kappa shape index (κ2) is 6.84. The molecule has 29 heavy (non-hydrogen) atoms. The summed E-state index contributed by atoms with van der Waals surface area (Å²) in [5.74, 6) is -1.15. The number of nitrogens with two attached hydrogens (primary N) is 1. The van der Waals surface area contributed by atoms with E-state index in [1.165, 1.54) is 12.5 Å². The van der Waals surface area contributed by atoms with Gasteiger partial charge >= 0.3 is 5.97 Å². The van der Waals surface area contributed by atoms with Crippen molar-refractivity contribution < 1.29 is 14.6 Å². The first-order valence-corrected chi connectivity index (χ1v) is 8.74. The fraction of sp³-hybridized carbons (Fsp3) is 0.222. The van der Waals surface area contributed by atoms with Crippen molar-refractivity contribution in [3.05, 3.63) is 40.4 Å². The summed E-state index contributed by atoms with van der Waals surface area (Å²) in [4.78, 5) is 26.0. The molecular formula is C18H17N7O4. The SMILES string of the molecule is N#CN(C(=N)N)N1CCN(c2ccc3c(=O)c(C(=O)O)cn4c3c2OC=C4)CC1. The number of hydrazine groups is 1. The molecule has 0 radical (unpaired) electrons. The van der Waals surface area contributed by atoms with Crippen LogP contribution in [-0.2, 0) is 0 Å². The number of carbonyl (C=O) groups is 1. The lowest BCUT2D eigenvalue weighted by atomic mass is 10.1. The van der Waals surface area contributed by atoms with Crippen LogP contribution in [0.2, 0.25) is 0 Å². The molecule has 2 aliphatic heterocycles. The summed E-state index contributed by atoms with van der Waals surface area (Å²) < 4.78 is 7.28. The van der Waals surface area contributed by atoms with Crippen LogP contribution in [0.5, 0.6) is 5.75 Å². The van der Waals surface area contributed by atoms with Gasteiger partial charge in [0, 0.05) is 38.6 Å². The first kappa shape index (κ1) is 18.3. The molecule has 3 heterocycles. The van der Waals surface area contributed by atoms with Crippen LogP contribution in [0.3, 0.4) is 0 Å². The number of pyridine rings is 1. The fourth-order valence-corrected chi connectivity index (χ4v) is 3.61. The Labute approximate surface area is 164 Å². The monoisotopic (exact) mass is 395 g/mol. The van der Waals surface area contributed by atoms with E-state index in [1.54, 1.807) is 27.9 Å². The third-order valence-corrected chi connectivity index (χ3v) is 4.97. The fourth-order valence-electron chi connectivity index (χ4n) is 3.61. The van der Waals surface area contributed by atoms with Gasteiger partial charge in [0.25, 0.3) is 0 Å². The largest absolute Gasteiger partial charge is 0.477 e. The van der Waals surface area contributed by atoms with Crippen molar-refractivity contribution in [2.24, 2.45) is 5.73 Å². The summed E-state index contributed by atoms with van der Waals surface area (Å²) in [6.07, 6.45) is 6.16. The van der Waals surface area contributed by atoms with Crippen molar-refractivity contribution in [3.63, 3.8) is 0 Å². The Morgan fingerprint density at radius 1 is 1.31 bits per heavy atom. The van der Waals surface area contributed by atoms with E-state index in [1.807, 2.05) is 11.1 Å². The van der Waals surface area contributed by atoms with E-state index in [0.717, 1.165) is 10.7 Å². The maximum Gasteiger partial charge on any atom is 0.341 e. The van der Waals surface area contributed by atoms with Crippen LogP contribution in [0.1, 0.15) is 10.4 Å². The van der Waals surface area contributed by atoms with E-state index in [2.05, 4.69) is 0 Å². The van der Waals surface area contributed by atoms with E-state index in [4.69, 9.17) is 21.1 Å². The number of anilines is 1. The quantitative estimate of drug-likeness (QED) is 0.287. The molecule has 1 fully saturated rings. The lowest BCUT2D eigenvalue weighted by Gasteiger charge is -2.39. The molecule has 0 unspecified atom stereocenters.